The number of fused-ring (bicyclic) bond motifs is 1. The van der Waals surface area contributed by atoms with E-state index in [0.29, 0.717) is 19.1 Å². The molecule has 1 unspecified atom stereocenters. The number of anilines is 2. The maximum absolute atomic E-state index is 12.8. The highest BCUT2D eigenvalue weighted by molar-refractivity contribution is 5.95. The van der Waals surface area contributed by atoms with Crippen molar-refractivity contribution in [1.82, 2.24) is 5.32 Å². The summed E-state index contributed by atoms with van der Waals surface area (Å²) in [6, 6.07) is 14.2. The molecule has 166 valence electrons. The van der Waals surface area contributed by atoms with Crippen LogP contribution < -0.4 is 25.0 Å². The van der Waals surface area contributed by atoms with Crippen molar-refractivity contribution in [2.24, 2.45) is 5.92 Å². The fourth-order valence-corrected chi connectivity index (χ4v) is 4.32. The first kappa shape index (κ1) is 21.5. The quantitative estimate of drug-likeness (QED) is 0.692. The van der Waals surface area contributed by atoms with Gasteiger partial charge in [0.15, 0.2) is 11.5 Å². The molecule has 1 amide bonds. The van der Waals surface area contributed by atoms with Gasteiger partial charge in [-0.1, -0.05) is 32.0 Å². The van der Waals surface area contributed by atoms with E-state index < -0.39 is 0 Å². The third-order valence-electron chi connectivity index (χ3n) is 5.90. The molecular weight excluding hydrogens is 390 g/mol. The first-order chi connectivity index (χ1) is 15.1. The minimum atomic E-state index is -0.0355. The van der Waals surface area contributed by atoms with E-state index in [1.54, 1.807) is 0 Å². The molecule has 0 bridgehead atoms. The van der Waals surface area contributed by atoms with Gasteiger partial charge in [0, 0.05) is 25.6 Å². The largest absolute Gasteiger partial charge is 0.490 e. The lowest BCUT2D eigenvalue weighted by Gasteiger charge is -2.24. The highest BCUT2D eigenvalue weighted by Crippen LogP contribution is 2.34. The highest BCUT2D eigenvalue weighted by Gasteiger charge is 2.21. The van der Waals surface area contributed by atoms with Crippen molar-refractivity contribution in [3.8, 4) is 11.5 Å². The van der Waals surface area contributed by atoms with E-state index >= 15 is 0 Å². The molecule has 6 heteroatoms. The Bertz CT molecular complexity index is 893. The zero-order valence-electron chi connectivity index (χ0n) is 18.5. The molecule has 0 aliphatic carbocycles. The summed E-state index contributed by atoms with van der Waals surface area (Å²) in [6.07, 6.45) is 3.29. The standard InChI is InChI=1S/C25H33N3O3/c1-18(2)25(19-10-11-22-23(16-19)31-15-7-14-30-22)26-17-24(29)27-20-8-3-4-9-21(20)28-12-5-6-13-28/h3-4,8-11,16,18,25-26H,5-7,12-15,17H2,1-2H3,(H,27,29). The Kier molecular flexibility index (Phi) is 6.97. The van der Waals surface area contributed by atoms with Gasteiger partial charge < -0.3 is 25.0 Å². The van der Waals surface area contributed by atoms with E-state index in [2.05, 4.69) is 41.5 Å². The maximum atomic E-state index is 12.8. The molecule has 1 fully saturated rings. The van der Waals surface area contributed by atoms with Crippen molar-refractivity contribution in [3.63, 3.8) is 0 Å². The fraction of sp³-hybridized carbons (Fsp3) is 0.480. The second-order valence-electron chi connectivity index (χ2n) is 8.62. The van der Waals surface area contributed by atoms with Crippen molar-refractivity contribution in [1.29, 1.82) is 0 Å². The Morgan fingerprint density at radius 3 is 2.52 bits per heavy atom. The molecule has 2 N–H and O–H groups in total. The van der Waals surface area contributed by atoms with E-state index in [-0.39, 0.29) is 18.5 Å². The van der Waals surface area contributed by atoms with E-state index in [9.17, 15) is 4.79 Å². The number of rotatable bonds is 7. The Morgan fingerprint density at radius 2 is 1.74 bits per heavy atom. The monoisotopic (exact) mass is 423 g/mol. The van der Waals surface area contributed by atoms with Gasteiger partial charge in [-0.15, -0.1) is 0 Å². The number of hydrogen-bond acceptors (Lipinski definition) is 5. The molecule has 1 saturated heterocycles. The molecule has 2 aromatic carbocycles. The van der Waals surface area contributed by atoms with Crippen LogP contribution in [0.15, 0.2) is 42.5 Å². The van der Waals surface area contributed by atoms with Gasteiger partial charge >= 0.3 is 0 Å². The summed E-state index contributed by atoms with van der Waals surface area (Å²) in [5.41, 5.74) is 3.09. The molecule has 2 heterocycles. The molecular formula is C25H33N3O3. The second-order valence-corrected chi connectivity index (χ2v) is 8.62. The van der Waals surface area contributed by atoms with Gasteiger partial charge in [-0.2, -0.15) is 0 Å². The number of nitrogens with one attached hydrogen (secondary N) is 2. The Hall–Kier alpha value is -2.73. The summed E-state index contributed by atoms with van der Waals surface area (Å²) < 4.78 is 11.6. The first-order valence-corrected chi connectivity index (χ1v) is 11.4. The number of hydrogen-bond donors (Lipinski definition) is 2. The van der Waals surface area contributed by atoms with Crippen molar-refractivity contribution in [3.05, 3.63) is 48.0 Å². The number of carbonyl (C=O) groups is 1. The van der Waals surface area contributed by atoms with Gasteiger partial charge in [0.2, 0.25) is 5.91 Å². The smallest absolute Gasteiger partial charge is 0.238 e. The fourth-order valence-electron chi connectivity index (χ4n) is 4.32. The summed E-state index contributed by atoms with van der Waals surface area (Å²) >= 11 is 0. The topological polar surface area (TPSA) is 62.8 Å². The summed E-state index contributed by atoms with van der Waals surface area (Å²) in [4.78, 5) is 15.1. The molecule has 0 radical (unpaired) electrons. The first-order valence-electron chi connectivity index (χ1n) is 11.4. The van der Waals surface area contributed by atoms with Crippen molar-refractivity contribution < 1.29 is 14.3 Å². The van der Waals surface area contributed by atoms with Crippen LogP contribution in [0.25, 0.3) is 0 Å². The Balaban J connectivity index is 1.41. The molecule has 2 aromatic rings. The molecule has 2 aliphatic rings. The van der Waals surface area contributed by atoms with Crippen molar-refractivity contribution >= 4 is 17.3 Å². The zero-order valence-corrected chi connectivity index (χ0v) is 18.5. The molecule has 0 saturated carbocycles. The zero-order chi connectivity index (χ0) is 21.6. The predicted octanol–water partition coefficient (Wildman–Crippen LogP) is 4.37. The van der Waals surface area contributed by atoms with Crippen molar-refractivity contribution in [2.45, 2.75) is 39.2 Å². The second kappa shape index (κ2) is 10.1. The van der Waals surface area contributed by atoms with Crippen LogP contribution in [0.5, 0.6) is 11.5 Å². The number of carbonyl (C=O) groups excluding carboxylic acids is 1. The SMILES string of the molecule is CC(C)C(NCC(=O)Nc1ccccc1N1CCCC1)c1ccc2c(c1)OCCCO2. The molecule has 0 aromatic heterocycles. The molecule has 31 heavy (non-hydrogen) atoms. The molecule has 4 rings (SSSR count). The van der Waals surface area contributed by atoms with Crippen LogP contribution in [0.4, 0.5) is 11.4 Å². The van der Waals surface area contributed by atoms with Gasteiger partial charge in [0.25, 0.3) is 0 Å². The number of amides is 1. The number of nitrogens with zero attached hydrogens (tertiary/aromatic N) is 1. The number of para-hydroxylation sites is 2. The van der Waals surface area contributed by atoms with E-state index in [4.69, 9.17) is 9.47 Å². The van der Waals surface area contributed by atoms with Crippen LogP contribution in [0.1, 0.15) is 44.7 Å². The van der Waals surface area contributed by atoms with Gasteiger partial charge in [0.1, 0.15) is 0 Å². The summed E-state index contributed by atoms with van der Waals surface area (Å²) in [6.45, 7) is 7.98. The lowest BCUT2D eigenvalue weighted by molar-refractivity contribution is -0.115. The van der Waals surface area contributed by atoms with Crippen LogP contribution in [-0.4, -0.2) is 38.8 Å². The van der Waals surface area contributed by atoms with Crippen LogP contribution in [0, 0.1) is 5.92 Å². The van der Waals surface area contributed by atoms with Crippen LogP contribution >= 0.6 is 0 Å². The van der Waals surface area contributed by atoms with E-state index in [1.165, 1.54) is 12.8 Å². The van der Waals surface area contributed by atoms with Gasteiger partial charge in [-0.3, -0.25) is 4.79 Å². The molecule has 2 aliphatic heterocycles. The third-order valence-corrected chi connectivity index (χ3v) is 5.90. The Labute approximate surface area is 184 Å². The van der Waals surface area contributed by atoms with Gasteiger partial charge in [-0.25, -0.2) is 0 Å². The van der Waals surface area contributed by atoms with Crippen LogP contribution in [-0.2, 0) is 4.79 Å². The summed E-state index contributed by atoms with van der Waals surface area (Å²) in [7, 11) is 0. The van der Waals surface area contributed by atoms with Gasteiger partial charge in [0.05, 0.1) is 31.1 Å². The number of ether oxygens (including phenoxy) is 2. The van der Waals surface area contributed by atoms with E-state index in [1.807, 2.05) is 30.3 Å². The summed E-state index contributed by atoms with van der Waals surface area (Å²) in [5.74, 6) is 1.85. The Morgan fingerprint density at radius 1 is 1.00 bits per heavy atom. The predicted molar refractivity (Wildman–Crippen MR) is 124 cm³/mol. The highest BCUT2D eigenvalue weighted by atomic mass is 16.5. The molecule has 1 atom stereocenters. The molecule has 6 nitrogen and oxygen atoms in total. The van der Waals surface area contributed by atoms with Crippen LogP contribution in [0.2, 0.25) is 0 Å². The van der Waals surface area contributed by atoms with Crippen LogP contribution in [0.3, 0.4) is 0 Å². The van der Waals surface area contributed by atoms with Crippen molar-refractivity contribution in [2.75, 3.05) is 43.1 Å². The minimum absolute atomic E-state index is 0.0355. The average Bonchev–Trinajstić information content (AvgIpc) is 3.19. The van der Waals surface area contributed by atoms with Gasteiger partial charge in [-0.05, 0) is 48.6 Å². The number of benzene rings is 2. The summed E-state index contributed by atoms with van der Waals surface area (Å²) in [5, 5.41) is 6.55. The lowest BCUT2D eigenvalue weighted by Crippen LogP contribution is -2.34. The third kappa shape index (κ3) is 5.31. The lowest BCUT2D eigenvalue weighted by atomic mass is 9.95. The normalized spacial score (nSPS) is 16.8. The average molecular weight is 424 g/mol. The van der Waals surface area contributed by atoms with E-state index in [0.717, 1.165) is 47.9 Å². The maximum Gasteiger partial charge on any atom is 0.238 e. The molecule has 0 spiro atoms. The minimum Gasteiger partial charge on any atom is -0.490 e.